The molecule has 0 aliphatic carbocycles. The largest absolute Gasteiger partial charge is 0.480 e. The van der Waals surface area contributed by atoms with E-state index in [0.717, 1.165) is 11.5 Å². The molecule has 0 fully saturated rings. The second kappa shape index (κ2) is 6.45. The number of thiol groups is 1. The molecule has 4 heteroatoms. The Morgan fingerprint density at radius 3 is 2.12 bits per heavy atom. The maximum Gasteiger partial charge on any atom is 0.319 e. The van der Waals surface area contributed by atoms with Gasteiger partial charge in [0, 0.05) is 0 Å². The number of benzene rings is 1. The minimum absolute atomic E-state index is 0.122. The second-order valence-corrected chi connectivity index (χ2v) is 6.48. The Morgan fingerprint density at radius 2 is 1.71 bits per heavy atom. The smallest absolute Gasteiger partial charge is 0.319 e. The van der Waals surface area contributed by atoms with Crippen LogP contribution in [0.5, 0.6) is 0 Å². The Hall–Kier alpha value is -1.29. The summed E-state index contributed by atoms with van der Waals surface area (Å²) in [5.41, 5.74) is 0.583. The minimum atomic E-state index is -1.05. The van der Waals surface area contributed by atoms with Gasteiger partial charge < -0.3 is 5.11 Å². The first-order chi connectivity index (χ1) is 8.11. The molecule has 0 bridgehead atoms. The predicted molar refractivity (Wildman–Crippen MR) is 71.9 cm³/mol. The predicted octanol–water partition coefficient (Wildman–Crippen LogP) is 2.42. The van der Waals surface area contributed by atoms with Crippen LogP contribution in [0.25, 0.3) is 0 Å². The molecule has 0 heterocycles. The molecular weight excluding hydrogens is 236 g/mol. The molecular formula is C13H18O3S. The Morgan fingerprint density at radius 1 is 1.18 bits per heavy atom. The molecule has 1 aromatic carbocycles. The van der Waals surface area contributed by atoms with Crippen LogP contribution in [0.3, 0.4) is 0 Å². The van der Waals surface area contributed by atoms with Gasteiger partial charge in [0.15, 0.2) is 5.12 Å². The highest BCUT2D eigenvalue weighted by atomic mass is 32.2. The van der Waals surface area contributed by atoms with E-state index >= 15 is 0 Å². The summed E-state index contributed by atoms with van der Waals surface area (Å²) in [5.74, 6) is -0.541. The van der Waals surface area contributed by atoms with Gasteiger partial charge in [-0.3, -0.25) is 9.59 Å². The van der Waals surface area contributed by atoms with Crippen LogP contribution in [0.1, 0.15) is 25.3 Å². The molecule has 3 nitrogen and oxygen atoms in total. The summed E-state index contributed by atoms with van der Waals surface area (Å²) in [6, 6.07) is 8.75. The molecule has 1 unspecified atom stereocenters. The van der Waals surface area contributed by atoms with E-state index in [4.69, 9.17) is 0 Å². The molecule has 94 valence electrons. The lowest BCUT2D eigenvalue weighted by molar-refractivity contribution is -0.140. The number of hydrogen-bond donors (Lipinski definition) is 2. The average Bonchev–Trinajstić information content (AvgIpc) is 2.31. The van der Waals surface area contributed by atoms with Crippen molar-refractivity contribution in [3.8, 4) is 0 Å². The highest BCUT2D eigenvalue weighted by Crippen LogP contribution is 2.33. The van der Waals surface area contributed by atoms with E-state index in [9.17, 15) is 14.7 Å². The van der Waals surface area contributed by atoms with Crippen molar-refractivity contribution in [3.63, 3.8) is 0 Å². The van der Waals surface area contributed by atoms with E-state index in [1.807, 2.05) is 19.9 Å². The normalized spacial score (nSPS) is 12.9. The third-order valence-corrected chi connectivity index (χ3v) is 5.11. The Balaban J connectivity index is 3.02. The number of carbonyl (C=O) groups excluding carboxylic acids is 1. The number of carbonyl (C=O) groups is 2. The lowest BCUT2D eigenvalue weighted by Gasteiger charge is -2.20. The second-order valence-electron chi connectivity index (χ2n) is 3.69. The van der Waals surface area contributed by atoms with Gasteiger partial charge in [-0.25, -0.2) is 0 Å². The van der Waals surface area contributed by atoms with Crippen LogP contribution in [0, 0.1) is 0 Å². The monoisotopic (exact) mass is 254 g/mol. The fraction of sp³-hybridized carbons (Fsp3) is 0.385. The van der Waals surface area contributed by atoms with Gasteiger partial charge in [-0.2, -0.15) is 10.9 Å². The molecule has 0 amide bonds. The van der Waals surface area contributed by atoms with Crippen molar-refractivity contribution in [1.82, 2.24) is 0 Å². The number of carboxylic acid groups (broad SMARTS) is 1. The van der Waals surface area contributed by atoms with Crippen LogP contribution in [0.15, 0.2) is 30.3 Å². The zero-order valence-electron chi connectivity index (χ0n) is 10.1. The first kappa shape index (κ1) is 13.8. The first-order valence-electron chi connectivity index (χ1n) is 5.68. The summed E-state index contributed by atoms with van der Waals surface area (Å²) in [5, 5.41) is 9.10. The van der Waals surface area contributed by atoms with Crippen molar-refractivity contribution in [3.05, 3.63) is 35.9 Å². The summed E-state index contributed by atoms with van der Waals surface area (Å²) in [7, 11) is -0.833. The highest BCUT2D eigenvalue weighted by molar-refractivity contribution is 8.29. The van der Waals surface area contributed by atoms with Gasteiger partial charge in [0.2, 0.25) is 0 Å². The SMILES string of the molecule is CC[SH](CC)C(=O)C(C(=O)O)c1ccccc1. The third-order valence-electron chi connectivity index (χ3n) is 2.70. The standard InChI is InChI=1S/C13H18O3S/c1-3-17(4-2)13(16)11(12(14)15)10-8-6-5-7-9-10/h5-9,11,17H,3-4H2,1-2H3,(H,14,15). The number of carboxylic acids is 1. The Kier molecular flexibility index (Phi) is 5.22. The van der Waals surface area contributed by atoms with Crippen LogP contribution in [0.4, 0.5) is 0 Å². The van der Waals surface area contributed by atoms with Crippen molar-refractivity contribution >= 4 is 22.0 Å². The summed E-state index contributed by atoms with van der Waals surface area (Å²) in [6.07, 6.45) is 0. The topological polar surface area (TPSA) is 54.4 Å². The number of hydrogen-bond acceptors (Lipinski definition) is 2. The summed E-state index contributed by atoms with van der Waals surface area (Å²) >= 11 is 0. The van der Waals surface area contributed by atoms with Gasteiger partial charge in [-0.15, -0.1) is 0 Å². The highest BCUT2D eigenvalue weighted by Gasteiger charge is 2.30. The molecule has 1 rings (SSSR count). The summed E-state index contributed by atoms with van der Waals surface area (Å²) in [6.45, 7) is 3.88. The van der Waals surface area contributed by atoms with Crippen molar-refractivity contribution in [2.24, 2.45) is 0 Å². The number of rotatable bonds is 5. The van der Waals surface area contributed by atoms with Gasteiger partial charge in [0.05, 0.1) is 0 Å². The summed E-state index contributed by atoms with van der Waals surface area (Å²) < 4.78 is 0. The Bertz CT molecular complexity index is 385. The van der Waals surface area contributed by atoms with E-state index in [2.05, 4.69) is 0 Å². The molecule has 0 spiro atoms. The average molecular weight is 254 g/mol. The van der Waals surface area contributed by atoms with Crippen LogP contribution >= 0.6 is 10.9 Å². The molecule has 0 saturated heterocycles. The van der Waals surface area contributed by atoms with Gasteiger partial charge in [-0.1, -0.05) is 44.2 Å². The van der Waals surface area contributed by atoms with Crippen LogP contribution in [0.2, 0.25) is 0 Å². The van der Waals surface area contributed by atoms with Crippen LogP contribution in [-0.2, 0) is 9.59 Å². The summed E-state index contributed by atoms with van der Waals surface area (Å²) in [4.78, 5) is 23.5. The molecule has 1 aromatic rings. The number of aliphatic carboxylic acids is 1. The van der Waals surface area contributed by atoms with E-state index in [-0.39, 0.29) is 5.12 Å². The van der Waals surface area contributed by atoms with Crippen molar-refractivity contribution in [2.45, 2.75) is 19.8 Å². The van der Waals surface area contributed by atoms with Crippen molar-refractivity contribution < 1.29 is 14.7 Å². The zero-order chi connectivity index (χ0) is 12.8. The minimum Gasteiger partial charge on any atom is -0.480 e. The van der Waals surface area contributed by atoms with Gasteiger partial charge in [-0.05, 0) is 17.1 Å². The Labute approximate surface area is 104 Å². The van der Waals surface area contributed by atoms with E-state index in [0.29, 0.717) is 5.56 Å². The van der Waals surface area contributed by atoms with E-state index < -0.39 is 22.8 Å². The van der Waals surface area contributed by atoms with Gasteiger partial charge >= 0.3 is 5.97 Å². The molecule has 1 N–H and O–H groups in total. The molecule has 0 aliphatic heterocycles. The molecule has 0 aliphatic rings. The van der Waals surface area contributed by atoms with Crippen LogP contribution < -0.4 is 0 Å². The van der Waals surface area contributed by atoms with E-state index in [1.54, 1.807) is 24.3 Å². The van der Waals surface area contributed by atoms with Crippen LogP contribution in [-0.4, -0.2) is 27.7 Å². The quantitative estimate of drug-likeness (QED) is 0.627. The molecule has 17 heavy (non-hydrogen) atoms. The first-order valence-corrected chi connectivity index (χ1v) is 7.39. The maximum absolute atomic E-state index is 12.2. The molecule has 0 radical (unpaired) electrons. The molecule has 1 atom stereocenters. The lowest BCUT2D eigenvalue weighted by atomic mass is 10.0. The molecule has 0 saturated carbocycles. The zero-order valence-corrected chi connectivity index (χ0v) is 11.0. The fourth-order valence-electron chi connectivity index (χ4n) is 1.75. The van der Waals surface area contributed by atoms with Gasteiger partial charge in [0.1, 0.15) is 5.92 Å². The van der Waals surface area contributed by atoms with Gasteiger partial charge in [0.25, 0.3) is 0 Å². The third kappa shape index (κ3) is 3.33. The van der Waals surface area contributed by atoms with E-state index in [1.165, 1.54) is 0 Å². The fourth-order valence-corrected chi connectivity index (χ4v) is 3.45. The van der Waals surface area contributed by atoms with Crippen molar-refractivity contribution in [1.29, 1.82) is 0 Å². The maximum atomic E-state index is 12.2. The lowest BCUT2D eigenvalue weighted by Crippen LogP contribution is -2.22. The van der Waals surface area contributed by atoms with Crippen molar-refractivity contribution in [2.75, 3.05) is 11.5 Å². The molecule has 0 aromatic heterocycles.